The summed E-state index contributed by atoms with van der Waals surface area (Å²) >= 11 is 0. The highest BCUT2D eigenvalue weighted by atomic mass is 32.5. The van der Waals surface area contributed by atoms with Crippen molar-refractivity contribution in [3.05, 3.63) is 30.0 Å². The molecule has 0 spiro atoms. The molecule has 8 nitrogen and oxygen atoms in total. The lowest BCUT2D eigenvalue weighted by Crippen LogP contribution is -2.49. The van der Waals surface area contributed by atoms with Crippen LogP contribution >= 0.6 is 10.2 Å². The Labute approximate surface area is 206 Å². The van der Waals surface area contributed by atoms with Crippen LogP contribution in [0.4, 0.5) is 31.2 Å². The van der Waals surface area contributed by atoms with Crippen molar-refractivity contribution in [3.8, 4) is 0 Å². The van der Waals surface area contributed by atoms with Crippen molar-refractivity contribution in [2.75, 3.05) is 35.7 Å². The number of rotatable bonds is 6. The van der Waals surface area contributed by atoms with Crippen molar-refractivity contribution in [1.29, 1.82) is 0 Å². The topological polar surface area (TPSA) is 104 Å². The minimum absolute atomic E-state index is 0.0424. The van der Waals surface area contributed by atoms with Crippen LogP contribution in [-0.2, 0) is 17.2 Å². The average Bonchev–Trinajstić information content (AvgIpc) is 2.80. The summed E-state index contributed by atoms with van der Waals surface area (Å²) in [5.41, 5.74) is 0.740. The minimum Gasteiger partial charge on any atom is -0.394 e. The molecule has 0 bridgehead atoms. The predicted molar refractivity (Wildman–Crippen MR) is 127 cm³/mol. The molecule has 3 aliphatic rings. The van der Waals surface area contributed by atoms with E-state index in [4.69, 9.17) is 0 Å². The summed E-state index contributed by atoms with van der Waals surface area (Å²) in [6, 6.07) is 0. The maximum Gasteiger partial charge on any atom is 0.313 e. The molecule has 198 valence electrons. The fourth-order valence-corrected chi connectivity index (χ4v) is 6.34. The van der Waals surface area contributed by atoms with Gasteiger partial charge in [-0.25, -0.2) is 15.0 Å². The van der Waals surface area contributed by atoms with Gasteiger partial charge in [0.25, 0.3) is 0 Å². The molecule has 1 unspecified atom stereocenters. The molecule has 1 atom stereocenters. The number of aryl methyl sites for hydroxylation is 1. The molecule has 0 saturated heterocycles. The molecule has 15 heteroatoms. The fraction of sp³-hybridized carbons (Fsp3) is 0.524. The molecular weight excluding hydrogens is 527 g/mol. The summed E-state index contributed by atoms with van der Waals surface area (Å²) in [5, 5.41) is 13.2. The average molecular weight is 553 g/mol. The lowest BCUT2D eigenvalue weighted by molar-refractivity contribution is 0.143. The van der Waals surface area contributed by atoms with Crippen LogP contribution in [-0.4, -0.2) is 60.2 Å². The Bertz CT molecular complexity index is 1250. The monoisotopic (exact) mass is 552 g/mol. The number of fused-ring (bicyclic) bond motifs is 1. The molecule has 4 heterocycles. The normalized spacial score (nSPS) is 23.6. The van der Waals surface area contributed by atoms with E-state index in [2.05, 4.69) is 25.3 Å². The predicted octanol–water partition coefficient (Wildman–Crippen LogP) is 4.60. The van der Waals surface area contributed by atoms with Crippen LogP contribution in [0.3, 0.4) is 0 Å². The molecule has 2 aromatic rings. The van der Waals surface area contributed by atoms with E-state index in [1.54, 1.807) is 6.08 Å². The SMILES string of the molecule is O=S1CCCc2nc(N3CC=C(c4ncc(S(F)(F)(F)(F)F)cn4)CC3)nc(NC3(CO)CCC3)c21. The smallest absolute Gasteiger partial charge is 0.313 e. The van der Waals surface area contributed by atoms with E-state index in [9.17, 15) is 28.7 Å². The Balaban J connectivity index is 1.39. The Morgan fingerprint density at radius 3 is 2.36 bits per heavy atom. The van der Waals surface area contributed by atoms with Crippen LogP contribution in [0.2, 0.25) is 0 Å². The van der Waals surface area contributed by atoms with Crippen molar-refractivity contribution in [2.45, 2.75) is 53.9 Å². The lowest BCUT2D eigenvalue weighted by Gasteiger charge is -2.42. The van der Waals surface area contributed by atoms with Gasteiger partial charge in [0.1, 0.15) is 15.6 Å². The van der Waals surface area contributed by atoms with E-state index < -0.39 is 31.5 Å². The van der Waals surface area contributed by atoms with Gasteiger partial charge in [-0.05, 0) is 44.1 Å². The van der Waals surface area contributed by atoms with Crippen LogP contribution in [0.25, 0.3) is 5.57 Å². The van der Waals surface area contributed by atoms with Crippen molar-refractivity contribution >= 4 is 38.4 Å². The van der Waals surface area contributed by atoms with Crippen molar-refractivity contribution in [3.63, 3.8) is 0 Å². The number of aromatic nitrogens is 4. The fourth-order valence-electron chi connectivity index (χ4n) is 4.50. The lowest BCUT2D eigenvalue weighted by atomic mass is 9.77. The van der Waals surface area contributed by atoms with Gasteiger partial charge in [0.05, 0.1) is 41.0 Å². The first kappa shape index (κ1) is 25.3. The summed E-state index contributed by atoms with van der Waals surface area (Å²) in [6.45, 7) is 0.629. The second-order valence-electron chi connectivity index (χ2n) is 9.35. The van der Waals surface area contributed by atoms with Crippen LogP contribution < -0.4 is 10.2 Å². The number of hydrogen-bond acceptors (Lipinski definition) is 8. The number of hydrogen-bond donors (Lipinski definition) is 2. The first-order valence-electron chi connectivity index (χ1n) is 11.5. The van der Waals surface area contributed by atoms with Crippen molar-refractivity contribution < 1.29 is 28.7 Å². The van der Waals surface area contributed by atoms with Crippen LogP contribution in [0.1, 0.15) is 43.6 Å². The zero-order chi connectivity index (χ0) is 25.8. The molecule has 2 aromatic heterocycles. The molecule has 0 radical (unpaired) electrons. The molecule has 5 rings (SSSR count). The number of aliphatic hydroxyl groups excluding tert-OH is 1. The van der Waals surface area contributed by atoms with E-state index >= 15 is 0 Å². The molecule has 2 aliphatic heterocycles. The van der Waals surface area contributed by atoms with E-state index in [0.717, 1.165) is 25.7 Å². The highest BCUT2D eigenvalue weighted by molar-refractivity contribution is 8.45. The summed E-state index contributed by atoms with van der Waals surface area (Å²) in [7, 11) is -11.1. The number of aliphatic hydroxyl groups is 1. The molecule has 2 N–H and O–H groups in total. The molecule has 0 aromatic carbocycles. The third-order valence-corrected chi connectivity index (χ3v) is 9.39. The Hall–Kier alpha value is -2.39. The largest absolute Gasteiger partial charge is 0.394 e. The molecule has 1 saturated carbocycles. The van der Waals surface area contributed by atoms with Gasteiger partial charge in [-0.15, -0.1) is 0 Å². The van der Waals surface area contributed by atoms with E-state index in [1.165, 1.54) is 0 Å². The molecule has 1 aliphatic carbocycles. The zero-order valence-corrected chi connectivity index (χ0v) is 20.7. The van der Waals surface area contributed by atoms with Gasteiger partial charge in [0.15, 0.2) is 5.82 Å². The molecule has 36 heavy (non-hydrogen) atoms. The highest BCUT2D eigenvalue weighted by Gasteiger charge is 2.66. The maximum atomic E-state index is 12.9. The summed E-state index contributed by atoms with van der Waals surface area (Å²) < 4.78 is 77.5. The Morgan fingerprint density at radius 1 is 1.08 bits per heavy atom. The third kappa shape index (κ3) is 4.92. The minimum atomic E-state index is -9.83. The second-order valence-corrected chi connectivity index (χ2v) is 13.3. The molecule has 0 amide bonds. The summed E-state index contributed by atoms with van der Waals surface area (Å²) in [6.07, 6.45) is 6.20. The highest BCUT2D eigenvalue weighted by Crippen LogP contribution is 3.01. The molecular formula is C21H25F5N6O2S2. The quantitative estimate of drug-likeness (QED) is 0.502. The standard InChI is InChI=1S/C21H25F5N6O2S2/c22-36(23,24,25,26)15-11-27-18(28-12-15)14-4-8-32(9-5-14)20-29-16-3-1-10-35(34)17(16)19(30-20)31-21(13-33)6-2-7-21/h4,11-12,33H,1-3,5-10,13H2,(H,29,30,31). The van der Waals surface area contributed by atoms with E-state index in [-0.39, 0.29) is 24.8 Å². The first-order chi connectivity index (χ1) is 16.8. The Kier molecular flexibility index (Phi) is 5.65. The van der Waals surface area contributed by atoms with Gasteiger partial charge < -0.3 is 15.3 Å². The second kappa shape index (κ2) is 8.05. The van der Waals surface area contributed by atoms with E-state index in [0.29, 0.717) is 59.6 Å². The third-order valence-electron chi connectivity index (χ3n) is 6.74. The van der Waals surface area contributed by atoms with Gasteiger partial charge in [0, 0.05) is 18.8 Å². The van der Waals surface area contributed by atoms with Gasteiger partial charge in [-0.2, -0.15) is 4.98 Å². The number of nitrogens with one attached hydrogen (secondary N) is 1. The number of anilines is 2. The zero-order valence-electron chi connectivity index (χ0n) is 19.1. The van der Waals surface area contributed by atoms with Crippen molar-refractivity contribution in [2.24, 2.45) is 0 Å². The Morgan fingerprint density at radius 2 is 1.81 bits per heavy atom. The number of halogens is 5. The van der Waals surface area contributed by atoms with Crippen molar-refractivity contribution in [1.82, 2.24) is 19.9 Å². The maximum absolute atomic E-state index is 12.9. The number of nitrogens with zero attached hydrogens (tertiary/aromatic N) is 5. The van der Waals surface area contributed by atoms with Crippen LogP contribution in [0.5, 0.6) is 0 Å². The summed E-state index contributed by atoms with van der Waals surface area (Å²) in [4.78, 5) is 16.7. The van der Waals surface area contributed by atoms with Gasteiger partial charge in [-0.1, -0.05) is 25.5 Å². The van der Waals surface area contributed by atoms with Gasteiger partial charge in [-0.3, -0.25) is 4.21 Å². The molecule has 1 fully saturated rings. The van der Waals surface area contributed by atoms with Gasteiger partial charge >= 0.3 is 10.2 Å². The first-order valence-corrected chi connectivity index (χ1v) is 14.7. The van der Waals surface area contributed by atoms with Gasteiger partial charge in [0.2, 0.25) is 5.95 Å². The summed E-state index contributed by atoms with van der Waals surface area (Å²) in [5.74, 6) is 1.35. The van der Waals surface area contributed by atoms with Crippen LogP contribution in [0, 0.1) is 0 Å². The van der Waals surface area contributed by atoms with Crippen LogP contribution in [0.15, 0.2) is 28.3 Å². The van der Waals surface area contributed by atoms with E-state index in [1.807, 2.05) is 4.90 Å².